The van der Waals surface area contributed by atoms with Gasteiger partial charge in [-0.05, 0) is 120 Å². The number of hydrogen-bond acceptors (Lipinski definition) is 2. The van der Waals surface area contributed by atoms with Gasteiger partial charge in [-0.25, -0.2) is 9.97 Å². The maximum absolute atomic E-state index is 5.28. The number of H-pyrrole nitrogens is 2. The molecule has 0 atom stereocenters. The summed E-state index contributed by atoms with van der Waals surface area (Å²) in [5.74, 6) is 0. The summed E-state index contributed by atoms with van der Waals surface area (Å²) < 4.78 is 0. The summed E-state index contributed by atoms with van der Waals surface area (Å²) in [5.41, 5.74) is 20.2. The molecule has 0 amide bonds. The van der Waals surface area contributed by atoms with E-state index in [1.54, 1.807) is 0 Å². The second kappa shape index (κ2) is 13.0. The molecule has 0 aliphatic carbocycles. The van der Waals surface area contributed by atoms with E-state index in [-0.39, 0.29) is 19.5 Å². The first kappa shape index (κ1) is 31.2. The number of allylic oxidation sites excluding steroid dienone is 4. The normalized spacial score (nSPS) is 13.3. The molecule has 2 aliphatic heterocycles. The molecule has 3 aromatic heterocycles. The van der Waals surface area contributed by atoms with Crippen molar-refractivity contribution in [1.29, 1.82) is 0 Å². The van der Waals surface area contributed by atoms with Crippen LogP contribution in [0.3, 0.4) is 0 Å². The van der Waals surface area contributed by atoms with E-state index in [9.17, 15) is 0 Å². The number of aromatic nitrogens is 4. The summed E-state index contributed by atoms with van der Waals surface area (Å²) in [7, 11) is 0. The number of fused-ring (bicyclic) bond motifs is 8. The van der Waals surface area contributed by atoms with Crippen molar-refractivity contribution in [3.8, 4) is 0 Å². The first-order valence-corrected chi connectivity index (χ1v) is 15.7. The van der Waals surface area contributed by atoms with Crippen molar-refractivity contribution in [2.24, 2.45) is 0 Å². The van der Waals surface area contributed by atoms with E-state index in [1.807, 2.05) is 0 Å². The molecule has 8 bridgehead atoms. The van der Waals surface area contributed by atoms with Crippen LogP contribution in [0.5, 0.6) is 0 Å². The van der Waals surface area contributed by atoms with Crippen LogP contribution in [0.4, 0.5) is 0 Å². The Labute approximate surface area is 259 Å². The third-order valence-electron chi connectivity index (χ3n) is 8.97. The smallest absolute Gasteiger partial charge is 0.355 e. The fourth-order valence-electron chi connectivity index (χ4n) is 7.10. The zero-order chi connectivity index (χ0) is 28.6. The van der Waals surface area contributed by atoms with Crippen molar-refractivity contribution in [3.63, 3.8) is 0 Å². The van der Waals surface area contributed by atoms with E-state index >= 15 is 0 Å². The molecular formula is C36H46N4Zn+2. The molecule has 3 aromatic rings. The molecule has 2 aliphatic rings. The number of rotatable bonds is 8. The zero-order valence-electron chi connectivity index (χ0n) is 26.6. The second-order valence-corrected chi connectivity index (χ2v) is 10.9. The Hall–Kier alpha value is -2.78. The van der Waals surface area contributed by atoms with E-state index < -0.39 is 0 Å². The van der Waals surface area contributed by atoms with Crippen molar-refractivity contribution in [2.75, 3.05) is 0 Å². The molecule has 5 rings (SSSR count). The third-order valence-corrected chi connectivity index (χ3v) is 8.97. The van der Waals surface area contributed by atoms with Crippen molar-refractivity contribution >= 4 is 44.4 Å². The van der Waals surface area contributed by atoms with Gasteiger partial charge < -0.3 is 9.97 Å². The van der Waals surface area contributed by atoms with E-state index in [0.29, 0.717) is 0 Å². The van der Waals surface area contributed by atoms with Crippen molar-refractivity contribution in [1.82, 2.24) is 19.9 Å². The molecular weight excluding hydrogens is 554 g/mol. The van der Waals surface area contributed by atoms with Crippen LogP contribution in [-0.2, 0) is 45.2 Å². The van der Waals surface area contributed by atoms with Crippen molar-refractivity contribution in [3.05, 3.63) is 69.3 Å². The summed E-state index contributed by atoms with van der Waals surface area (Å²) in [4.78, 5) is 18.2. The molecule has 0 aromatic carbocycles. The van der Waals surface area contributed by atoms with Crippen molar-refractivity contribution in [2.45, 2.75) is 107 Å². The standard InChI is InChI=1S/C36H46N4.Zn/c1-9-21-22(10-2)30-18-32-25(13-5)26(14-6)34(39-32)20-36-28(16-8)27(15-7)35(40-36)19-33-24(12-4)23(11-3)31(38-33)17-29(21)37-30;/h17-20,37-38H,9-16H2,1-8H3;/q;+2. The predicted octanol–water partition coefficient (Wildman–Crippen LogP) is 10.0. The molecule has 2 N–H and O–H groups in total. The number of nitrogens with one attached hydrogen (secondary N) is 2. The number of nitrogens with zero attached hydrogens (tertiary/aromatic N) is 2. The monoisotopic (exact) mass is 598 g/mol. The Morgan fingerprint density at radius 1 is 0.390 bits per heavy atom. The van der Waals surface area contributed by atoms with Gasteiger partial charge in [0.25, 0.3) is 0 Å². The van der Waals surface area contributed by atoms with Gasteiger partial charge in [0.1, 0.15) is 0 Å². The SMILES string of the molecule is CCC1=C(CC)c2cc3[nH]c(cc4[nH]c(cc5nc(cc1n2)C(CC)=C5CC)c(CC)c4CC)c(CC)c3CC.[Zn+2]. The minimum absolute atomic E-state index is 0. The maximum atomic E-state index is 5.28. The molecule has 210 valence electrons. The Kier molecular flexibility index (Phi) is 9.90. The molecule has 5 heteroatoms. The molecule has 0 spiro atoms. The van der Waals surface area contributed by atoms with Crippen LogP contribution in [0.1, 0.15) is 126 Å². The number of hydrogen-bond donors (Lipinski definition) is 2. The molecule has 0 saturated heterocycles. The Balaban J connectivity index is 0.00000387. The van der Waals surface area contributed by atoms with Crippen LogP contribution in [0, 0.1) is 0 Å². The largest absolute Gasteiger partial charge is 2.00 e. The Bertz CT molecular complexity index is 1560. The molecule has 4 nitrogen and oxygen atoms in total. The summed E-state index contributed by atoms with van der Waals surface area (Å²) >= 11 is 0. The van der Waals surface area contributed by atoms with Gasteiger partial charge >= 0.3 is 19.5 Å². The second-order valence-electron chi connectivity index (χ2n) is 10.9. The maximum Gasteiger partial charge on any atom is 2.00 e. The fraction of sp³-hybridized carbons (Fsp3) is 0.444. The Morgan fingerprint density at radius 2 is 0.659 bits per heavy atom. The van der Waals surface area contributed by atoms with Gasteiger partial charge in [-0.3, -0.25) is 0 Å². The zero-order valence-corrected chi connectivity index (χ0v) is 29.5. The van der Waals surface area contributed by atoms with Crippen LogP contribution in [0.15, 0.2) is 24.3 Å². The van der Waals surface area contributed by atoms with Gasteiger partial charge in [0.05, 0.1) is 22.8 Å². The van der Waals surface area contributed by atoms with Crippen LogP contribution in [-0.4, -0.2) is 19.9 Å². The quantitative estimate of drug-likeness (QED) is 0.253. The molecule has 0 saturated carbocycles. The molecule has 41 heavy (non-hydrogen) atoms. The summed E-state index contributed by atoms with van der Waals surface area (Å²) in [6, 6.07) is 9.24. The van der Waals surface area contributed by atoms with E-state index in [1.165, 1.54) is 66.6 Å². The van der Waals surface area contributed by atoms with Crippen LogP contribution < -0.4 is 0 Å². The molecule has 5 heterocycles. The first-order valence-electron chi connectivity index (χ1n) is 15.7. The topological polar surface area (TPSA) is 57.4 Å². The molecule has 0 fully saturated rings. The first-order chi connectivity index (χ1) is 19.5. The van der Waals surface area contributed by atoms with Gasteiger partial charge in [-0.1, -0.05) is 55.4 Å². The summed E-state index contributed by atoms with van der Waals surface area (Å²) in [6.45, 7) is 18.1. The fourth-order valence-corrected chi connectivity index (χ4v) is 7.10. The van der Waals surface area contributed by atoms with E-state index in [0.717, 1.165) is 74.1 Å². The number of aromatic amines is 2. The van der Waals surface area contributed by atoms with E-state index in [2.05, 4.69) is 89.6 Å². The van der Waals surface area contributed by atoms with Crippen LogP contribution in [0.2, 0.25) is 0 Å². The summed E-state index contributed by atoms with van der Waals surface area (Å²) in [6.07, 6.45) is 7.84. The third kappa shape index (κ3) is 5.31. The van der Waals surface area contributed by atoms with Gasteiger partial charge in [0.15, 0.2) is 0 Å². The summed E-state index contributed by atoms with van der Waals surface area (Å²) in [5, 5.41) is 0. The average molecular weight is 600 g/mol. The minimum atomic E-state index is 0. The van der Waals surface area contributed by atoms with Gasteiger partial charge in [0, 0.05) is 22.1 Å². The van der Waals surface area contributed by atoms with Gasteiger partial charge in [-0.2, -0.15) is 0 Å². The van der Waals surface area contributed by atoms with Crippen LogP contribution >= 0.6 is 0 Å². The predicted molar refractivity (Wildman–Crippen MR) is 173 cm³/mol. The van der Waals surface area contributed by atoms with Crippen LogP contribution in [0.25, 0.3) is 44.4 Å². The van der Waals surface area contributed by atoms with E-state index in [4.69, 9.17) is 9.97 Å². The van der Waals surface area contributed by atoms with Gasteiger partial charge in [-0.15, -0.1) is 0 Å². The average Bonchev–Trinajstić information content (AvgIpc) is 3.67. The molecule has 0 unspecified atom stereocenters. The van der Waals surface area contributed by atoms with Gasteiger partial charge in [0.2, 0.25) is 0 Å². The molecule has 0 radical (unpaired) electrons. The number of aryl methyl sites for hydroxylation is 4. The Morgan fingerprint density at radius 3 is 0.927 bits per heavy atom. The van der Waals surface area contributed by atoms with Crippen molar-refractivity contribution < 1.29 is 19.5 Å². The minimum Gasteiger partial charge on any atom is -0.355 e.